The van der Waals surface area contributed by atoms with Gasteiger partial charge in [-0.2, -0.15) is 18.3 Å². The minimum atomic E-state index is -4.47. The van der Waals surface area contributed by atoms with Crippen molar-refractivity contribution in [1.82, 2.24) is 9.78 Å². The van der Waals surface area contributed by atoms with Crippen LogP contribution in [0.4, 0.5) is 18.9 Å². The van der Waals surface area contributed by atoms with Crippen molar-refractivity contribution in [3.63, 3.8) is 0 Å². The van der Waals surface area contributed by atoms with E-state index in [9.17, 15) is 18.0 Å². The molecule has 0 N–H and O–H groups in total. The fourth-order valence-corrected chi connectivity index (χ4v) is 3.32. The molecule has 1 aromatic carbocycles. The van der Waals surface area contributed by atoms with Crippen LogP contribution in [-0.4, -0.2) is 22.7 Å². The minimum Gasteiger partial charge on any atom is -0.311 e. The second-order valence-electron chi connectivity index (χ2n) is 5.40. The Hall–Kier alpha value is -2.61. The van der Waals surface area contributed by atoms with Crippen LogP contribution in [0.25, 0.3) is 10.6 Å². The predicted molar refractivity (Wildman–Crippen MR) is 90.7 cm³/mol. The van der Waals surface area contributed by atoms with Gasteiger partial charge in [-0.15, -0.1) is 11.3 Å². The summed E-state index contributed by atoms with van der Waals surface area (Å²) in [5, 5.41) is 3.91. The number of benzene rings is 1. The van der Waals surface area contributed by atoms with Gasteiger partial charge in [-0.25, -0.2) is 0 Å². The van der Waals surface area contributed by atoms with E-state index < -0.39 is 11.9 Å². The van der Waals surface area contributed by atoms with E-state index in [1.54, 1.807) is 31.3 Å². The molecule has 0 fully saturated rings. The highest BCUT2D eigenvalue weighted by atomic mass is 32.1. The van der Waals surface area contributed by atoms with E-state index in [0.29, 0.717) is 9.75 Å². The number of aromatic nitrogens is 2. The molecule has 130 valence electrons. The van der Waals surface area contributed by atoms with Crippen LogP contribution < -0.4 is 4.90 Å². The van der Waals surface area contributed by atoms with Gasteiger partial charge in [0.2, 0.25) is 0 Å². The number of carbonyl (C=O) groups excluding carboxylic acids is 1. The Labute approximate surface area is 146 Å². The van der Waals surface area contributed by atoms with Crippen molar-refractivity contribution < 1.29 is 18.0 Å². The van der Waals surface area contributed by atoms with Crippen LogP contribution in [0.15, 0.2) is 48.5 Å². The molecule has 0 bridgehead atoms. The van der Waals surface area contributed by atoms with E-state index in [4.69, 9.17) is 0 Å². The van der Waals surface area contributed by atoms with E-state index in [-0.39, 0.29) is 11.6 Å². The molecule has 8 heteroatoms. The maximum absolute atomic E-state index is 12.9. The van der Waals surface area contributed by atoms with Gasteiger partial charge in [0.1, 0.15) is 11.4 Å². The largest absolute Gasteiger partial charge is 0.433 e. The van der Waals surface area contributed by atoms with E-state index in [2.05, 4.69) is 5.10 Å². The van der Waals surface area contributed by atoms with Gasteiger partial charge in [0.25, 0.3) is 5.91 Å². The summed E-state index contributed by atoms with van der Waals surface area (Å²) in [6, 6.07) is 13.3. The van der Waals surface area contributed by atoms with Crippen molar-refractivity contribution in [2.75, 3.05) is 11.9 Å². The lowest BCUT2D eigenvalue weighted by Gasteiger charge is -2.15. The van der Waals surface area contributed by atoms with Crippen LogP contribution in [0.3, 0.4) is 0 Å². The second kappa shape index (κ2) is 6.36. The summed E-state index contributed by atoms with van der Waals surface area (Å²) in [4.78, 5) is 15.0. The zero-order chi connectivity index (χ0) is 18.2. The van der Waals surface area contributed by atoms with Crippen LogP contribution >= 0.6 is 11.3 Å². The number of anilines is 1. The summed E-state index contributed by atoms with van der Waals surface area (Å²) in [5.41, 5.74) is 0.103. The molecular weight excluding hydrogens is 351 g/mol. The first-order valence-corrected chi connectivity index (χ1v) is 8.13. The maximum Gasteiger partial charge on any atom is 0.433 e. The number of aryl methyl sites for hydroxylation is 1. The second-order valence-corrected chi connectivity index (χ2v) is 6.48. The fourth-order valence-electron chi connectivity index (χ4n) is 2.38. The van der Waals surface area contributed by atoms with Gasteiger partial charge in [0.05, 0.1) is 9.75 Å². The molecule has 0 radical (unpaired) electrons. The summed E-state index contributed by atoms with van der Waals surface area (Å²) in [5.74, 6) is -0.227. The molecule has 3 rings (SSSR count). The van der Waals surface area contributed by atoms with Crippen molar-refractivity contribution in [2.24, 2.45) is 7.05 Å². The maximum atomic E-state index is 12.9. The average Bonchev–Trinajstić information content (AvgIpc) is 3.20. The van der Waals surface area contributed by atoms with E-state index in [1.807, 2.05) is 18.2 Å². The predicted octanol–water partition coefficient (Wildman–Crippen LogP) is 4.44. The van der Waals surface area contributed by atoms with Crippen LogP contribution in [0, 0.1) is 0 Å². The Bertz CT molecular complexity index is 900. The van der Waals surface area contributed by atoms with Gasteiger partial charge in [0.15, 0.2) is 0 Å². The Morgan fingerprint density at radius 1 is 1.16 bits per heavy atom. The standard InChI is InChI=1S/C17H14F3N3OS/c1-22(11-6-4-3-5-7-11)16(24)14-9-8-13(25-14)12-10-15(17(18,19)20)23(2)21-12/h3-10H,1-2H3. The molecule has 2 heterocycles. The van der Waals surface area contributed by atoms with Crippen molar-refractivity contribution in [2.45, 2.75) is 6.18 Å². The number of para-hydroxylation sites is 1. The lowest BCUT2D eigenvalue weighted by molar-refractivity contribution is -0.143. The Morgan fingerprint density at radius 3 is 2.44 bits per heavy atom. The molecular formula is C17H14F3N3OS. The summed E-state index contributed by atoms with van der Waals surface area (Å²) in [6.45, 7) is 0. The third-order valence-corrected chi connectivity index (χ3v) is 4.78. The monoisotopic (exact) mass is 365 g/mol. The van der Waals surface area contributed by atoms with Crippen molar-refractivity contribution in [3.8, 4) is 10.6 Å². The highest BCUT2D eigenvalue weighted by molar-refractivity contribution is 7.17. The molecule has 3 aromatic rings. The zero-order valence-corrected chi connectivity index (χ0v) is 14.2. The first-order chi connectivity index (χ1) is 11.8. The molecule has 0 saturated carbocycles. The number of amides is 1. The van der Waals surface area contributed by atoms with Gasteiger partial charge in [-0.05, 0) is 30.3 Å². The zero-order valence-electron chi connectivity index (χ0n) is 13.4. The van der Waals surface area contributed by atoms with E-state index in [1.165, 1.54) is 11.9 Å². The number of nitrogens with zero attached hydrogens (tertiary/aromatic N) is 3. The van der Waals surface area contributed by atoms with Gasteiger partial charge in [-0.1, -0.05) is 18.2 Å². The number of carbonyl (C=O) groups is 1. The lowest BCUT2D eigenvalue weighted by Crippen LogP contribution is -2.25. The Morgan fingerprint density at radius 2 is 1.84 bits per heavy atom. The number of hydrogen-bond acceptors (Lipinski definition) is 3. The molecule has 0 unspecified atom stereocenters. The lowest BCUT2D eigenvalue weighted by atomic mass is 10.3. The van der Waals surface area contributed by atoms with E-state index in [0.717, 1.165) is 27.8 Å². The average molecular weight is 365 g/mol. The van der Waals surface area contributed by atoms with Gasteiger partial charge >= 0.3 is 6.18 Å². The van der Waals surface area contributed by atoms with Crippen LogP contribution in [-0.2, 0) is 13.2 Å². The van der Waals surface area contributed by atoms with Crippen LogP contribution in [0.1, 0.15) is 15.4 Å². The molecule has 0 saturated heterocycles. The Kier molecular flexibility index (Phi) is 4.38. The van der Waals surface area contributed by atoms with Gasteiger partial charge in [0, 0.05) is 19.8 Å². The van der Waals surface area contributed by atoms with Crippen molar-refractivity contribution >= 4 is 22.9 Å². The van der Waals surface area contributed by atoms with Crippen molar-refractivity contribution in [1.29, 1.82) is 0 Å². The number of rotatable bonds is 3. The molecule has 0 aliphatic rings. The number of hydrogen-bond donors (Lipinski definition) is 0. The first-order valence-electron chi connectivity index (χ1n) is 7.32. The van der Waals surface area contributed by atoms with Crippen LogP contribution in [0.2, 0.25) is 0 Å². The summed E-state index contributed by atoms with van der Waals surface area (Å²) in [7, 11) is 2.90. The molecule has 0 aliphatic carbocycles. The summed E-state index contributed by atoms with van der Waals surface area (Å²) < 4.78 is 39.5. The molecule has 1 amide bonds. The van der Waals surface area contributed by atoms with Gasteiger partial charge < -0.3 is 4.90 Å². The topological polar surface area (TPSA) is 38.1 Å². The van der Waals surface area contributed by atoms with Gasteiger partial charge in [-0.3, -0.25) is 9.48 Å². The SMILES string of the molecule is CN(C(=O)c1ccc(-c2cc(C(F)(F)F)n(C)n2)s1)c1ccccc1. The highest BCUT2D eigenvalue weighted by Gasteiger charge is 2.35. The summed E-state index contributed by atoms with van der Waals surface area (Å²) in [6.07, 6.45) is -4.47. The molecule has 2 aromatic heterocycles. The number of alkyl halides is 3. The minimum absolute atomic E-state index is 0.196. The summed E-state index contributed by atoms with van der Waals surface area (Å²) >= 11 is 1.12. The molecule has 0 atom stereocenters. The molecule has 0 spiro atoms. The first kappa shape index (κ1) is 17.2. The molecule has 4 nitrogen and oxygen atoms in total. The third-order valence-electron chi connectivity index (χ3n) is 3.69. The number of thiophene rings is 1. The van der Waals surface area contributed by atoms with E-state index >= 15 is 0 Å². The fraction of sp³-hybridized carbons (Fsp3) is 0.176. The smallest absolute Gasteiger partial charge is 0.311 e. The van der Waals surface area contributed by atoms with Crippen molar-refractivity contribution in [3.05, 3.63) is 59.1 Å². The number of halogens is 3. The highest BCUT2D eigenvalue weighted by Crippen LogP contribution is 2.34. The molecule has 25 heavy (non-hydrogen) atoms. The Balaban J connectivity index is 1.87. The third kappa shape index (κ3) is 3.43. The quantitative estimate of drug-likeness (QED) is 0.688. The molecule has 0 aliphatic heterocycles. The van der Waals surface area contributed by atoms with Crippen LogP contribution in [0.5, 0.6) is 0 Å². The normalized spacial score (nSPS) is 11.6.